The van der Waals surface area contributed by atoms with Crippen LogP contribution in [0.25, 0.3) is 0 Å². The molecule has 0 bridgehead atoms. The van der Waals surface area contributed by atoms with Crippen LogP contribution in [0.4, 0.5) is 5.69 Å². The molecule has 1 saturated heterocycles. The van der Waals surface area contributed by atoms with Gasteiger partial charge < -0.3 is 10.2 Å². The molecule has 0 saturated carbocycles. The Kier molecular flexibility index (Phi) is 5.70. The number of halogens is 1. The van der Waals surface area contributed by atoms with Crippen molar-refractivity contribution in [1.82, 2.24) is 4.90 Å². The molecule has 1 aliphatic heterocycles. The highest BCUT2D eigenvalue weighted by Gasteiger charge is 2.16. The van der Waals surface area contributed by atoms with E-state index in [4.69, 9.17) is 16.9 Å². The van der Waals surface area contributed by atoms with Crippen molar-refractivity contribution in [1.29, 1.82) is 5.26 Å². The van der Waals surface area contributed by atoms with Crippen molar-refractivity contribution in [3.8, 4) is 6.07 Å². The van der Waals surface area contributed by atoms with Crippen LogP contribution < -0.4 is 5.32 Å². The normalized spacial score (nSPS) is 19.6. The molecule has 4 heteroatoms. The van der Waals surface area contributed by atoms with Crippen LogP contribution in [0.1, 0.15) is 38.2 Å². The summed E-state index contributed by atoms with van der Waals surface area (Å²) in [6.07, 6.45) is 5.14. The maximum absolute atomic E-state index is 8.80. The molecular formula is C16H22ClN3. The summed E-state index contributed by atoms with van der Waals surface area (Å²) in [5.41, 5.74) is 1.51. The van der Waals surface area contributed by atoms with E-state index in [0.717, 1.165) is 31.2 Å². The quantitative estimate of drug-likeness (QED) is 0.837. The van der Waals surface area contributed by atoms with Crippen molar-refractivity contribution in [3.05, 3.63) is 28.8 Å². The average Bonchev–Trinajstić information content (AvgIpc) is 2.46. The van der Waals surface area contributed by atoms with Crippen molar-refractivity contribution in [2.45, 2.75) is 38.6 Å². The topological polar surface area (TPSA) is 39.1 Å². The third kappa shape index (κ3) is 4.13. The van der Waals surface area contributed by atoms with Crippen LogP contribution in [0.5, 0.6) is 0 Å². The van der Waals surface area contributed by atoms with Crippen LogP contribution >= 0.6 is 11.6 Å². The van der Waals surface area contributed by atoms with Gasteiger partial charge in [-0.2, -0.15) is 5.26 Å². The van der Waals surface area contributed by atoms with Crippen molar-refractivity contribution in [3.63, 3.8) is 0 Å². The van der Waals surface area contributed by atoms with E-state index in [9.17, 15) is 0 Å². The summed E-state index contributed by atoms with van der Waals surface area (Å²) in [5.74, 6) is 0. The standard InChI is InChI=1S/C16H22ClN3/c1-13-5-2-3-9-20(13)10-4-8-19-16-7-6-14(12-18)11-15(16)17/h6-7,11,13,19H,2-5,8-10H2,1H3. The highest BCUT2D eigenvalue weighted by Crippen LogP contribution is 2.23. The number of nitrogens with one attached hydrogen (secondary N) is 1. The lowest BCUT2D eigenvalue weighted by Crippen LogP contribution is -2.38. The van der Waals surface area contributed by atoms with E-state index in [1.165, 1.54) is 25.8 Å². The van der Waals surface area contributed by atoms with E-state index in [2.05, 4.69) is 23.2 Å². The number of piperidine rings is 1. The second-order valence-corrected chi connectivity index (χ2v) is 5.87. The van der Waals surface area contributed by atoms with Crippen molar-refractivity contribution < 1.29 is 0 Å². The van der Waals surface area contributed by atoms with Crippen molar-refractivity contribution >= 4 is 17.3 Å². The summed E-state index contributed by atoms with van der Waals surface area (Å²) in [5, 5.41) is 12.8. The number of anilines is 1. The lowest BCUT2D eigenvalue weighted by Gasteiger charge is -2.33. The molecular weight excluding hydrogens is 270 g/mol. The average molecular weight is 292 g/mol. The van der Waals surface area contributed by atoms with Crippen LogP contribution in [0, 0.1) is 11.3 Å². The number of benzene rings is 1. The van der Waals surface area contributed by atoms with E-state index in [0.29, 0.717) is 10.6 Å². The molecule has 0 radical (unpaired) electrons. The van der Waals surface area contributed by atoms with Crippen molar-refractivity contribution in [2.75, 3.05) is 25.0 Å². The fourth-order valence-electron chi connectivity index (χ4n) is 2.72. The van der Waals surface area contributed by atoms with Gasteiger partial charge in [0.15, 0.2) is 0 Å². The minimum Gasteiger partial charge on any atom is -0.384 e. The lowest BCUT2D eigenvalue weighted by molar-refractivity contribution is 0.160. The summed E-state index contributed by atoms with van der Waals surface area (Å²) in [4.78, 5) is 2.57. The van der Waals surface area contributed by atoms with E-state index < -0.39 is 0 Å². The van der Waals surface area contributed by atoms with Gasteiger partial charge in [0.1, 0.15) is 0 Å². The molecule has 1 aromatic rings. The molecule has 3 nitrogen and oxygen atoms in total. The zero-order valence-electron chi connectivity index (χ0n) is 12.0. The monoisotopic (exact) mass is 291 g/mol. The van der Waals surface area contributed by atoms with E-state index in [1.807, 2.05) is 6.07 Å². The zero-order chi connectivity index (χ0) is 14.4. The molecule has 0 spiro atoms. The Hall–Kier alpha value is -1.24. The zero-order valence-corrected chi connectivity index (χ0v) is 12.8. The molecule has 1 aromatic carbocycles. The number of likely N-dealkylation sites (tertiary alicyclic amines) is 1. The first kappa shape index (κ1) is 15.2. The van der Waals surface area contributed by atoms with Gasteiger partial charge in [0.2, 0.25) is 0 Å². The Labute approximate surface area is 126 Å². The second-order valence-electron chi connectivity index (χ2n) is 5.47. The molecule has 1 N–H and O–H groups in total. The first-order chi connectivity index (χ1) is 9.70. The lowest BCUT2D eigenvalue weighted by atomic mass is 10.0. The van der Waals surface area contributed by atoms with Gasteiger partial charge in [-0.1, -0.05) is 18.0 Å². The number of rotatable bonds is 5. The van der Waals surface area contributed by atoms with Gasteiger partial charge in [0.05, 0.1) is 22.3 Å². The van der Waals surface area contributed by atoms with Crippen LogP contribution in [-0.2, 0) is 0 Å². The van der Waals surface area contributed by atoms with Gasteiger partial charge >= 0.3 is 0 Å². The predicted octanol–water partition coefficient (Wildman–Crippen LogP) is 3.89. The van der Waals surface area contributed by atoms with Gasteiger partial charge in [-0.15, -0.1) is 0 Å². The first-order valence-corrected chi connectivity index (χ1v) is 7.76. The molecule has 1 atom stereocenters. The highest BCUT2D eigenvalue weighted by atomic mass is 35.5. The molecule has 108 valence electrons. The molecule has 2 rings (SSSR count). The summed E-state index contributed by atoms with van der Waals surface area (Å²) in [7, 11) is 0. The molecule has 1 aliphatic rings. The highest BCUT2D eigenvalue weighted by molar-refractivity contribution is 6.33. The minimum absolute atomic E-state index is 0.600. The van der Waals surface area contributed by atoms with Gasteiger partial charge in [0.25, 0.3) is 0 Å². The molecule has 1 unspecified atom stereocenters. The first-order valence-electron chi connectivity index (χ1n) is 7.38. The molecule has 1 fully saturated rings. The molecule has 0 amide bonds. The van der Waals surface area contributed by atoms with Crippen LogP contribution in [0.3, 0.4) is 0 Å². The fourth-order valence-corrected chi connectivity index (χ4v) is 2.97. The van der Waals surface area contributed by atoms with E-state index >= 15 is 0 Å². The second kappa shape index (κ2) is 7.52. The Balaban J connectivity index is 1.74. The van der Waals surface area contributed by atoms with Gasteiger partial charge in [0, 0.05) is 19.1 Å². The van der Waals surface area contributed by atoms with Gasteiger partial charge in [-0.25, -0.2) is 0 Å². The Morgan fingerprint density at radius 2 is 2.30 bits per heavy atom. The minimum atomic E-state index is 0.600. The fraction of sp³-hybridized carbons (Fsp3) is 0.562. The Morgan fingerprint density at radius 3 is 3.00 bits per heavy atom. The summed E-state index contributed by atoms with van der Waals surface area (Å²) < 4.78 is 0. The Morgan fingerprint density at radius 1 is 1.45 bits per heavy atom. The SMILES string of the molecule is CC1CCCCN1CCCNc1ccc(C#N)cc1Cl. The van der Waals surface area contributed by atoms with Crippen LogP contribution in [0.2, 0.25) is 5.02 Å². The smallest absolute Gasteiger partial charge is 0.0992 e. The van der Waals surface area contributed by atoms with E-state index in [-0.39, 0.29) is 0 Å². The molecule has 20 heavy (non-hydrogen) atoms. The maximum atomic E-state index is 8.80. The van der Waals surface area contributed by atoms with Crippen molar-refractivity contribution in [2.24, 2.45) is 0 Å². The summed E-state index contributed by atoms with van der Waals surface area (Å²) in [6.45, 7) is 5.61. The third-order valence-corrected chi connectivity index (χ3v) is 4.29. The summed E-state index contributed by atoms with van der Waals surface area (Å²) >= 11 is 6.13. The van der Waals surface area contributed by atoms with Crippen LogP contribution in [-0.4, -0.2) is 30.6 Å². The van der Waals surface area contributed by atoms with Gasteiger partial charge in [-0.3, -0.25) is 0 Å². The molecule has 1 heterocycles. The van der Waals surface area contributed by atoms with E-state index in [1.54, 1.807) is 12.1 Å². The molecule has 0 aliphatic carbocycles. The Bertz CT molecular complexity index is 481. The number of hydrogen-bond donors (Lipinski definition) is 1. The van der Waals surface area contributed by atoms with Gasteiger partial charge in [-0.05, 0) is 50.9 Å². The maximum Gasteiger partial charge on any atom is 0.0992 e. The number of hydrogen-bond acceptors (Lipinski definition) is 3. The number of nitrogens with zero attached hydrogens (tertiary/aromatic N) is 2. The molecule has 0 aromatic heterocycles. The predicted molar refractivity (Wildman–Crippen MR) is 84.2 cm³/mol. The largest absolute Gasteiger partial charge is 0.384 e. The number of nitriles is 1. The summed E-state index contributed by atoms with van der Waals surface area (Å²) in [6, 6.07) is 8.19. The third-order valence-electron chi connectivity index (χ3n) is 3.98. The van der Waals surface area contributed by atoms with Crippen LogP contribution in [0.15, 0.2) is 18.2 Å².